The molecule has 1 aromatic rings. The van der Waals surface area contributed by atoms with Crippen molar-refractivity contribution in [1.82, 2.24) is 0 Å². The van der Waals surface area contributed by atoms with Crippen molar-refractivity contribution in [2.24, 2.45) is 0 Å². The molecule has 0 aliphatic carbocycles. The number of hydrogen-bond acceptors (Lipinski definition) is 3. The average Bonchev–Trinajstić information content (AvgIpc) is 2.18. The zero-order valence-electron chi connectivity index (χ0n) is 7.60. The molecule has 0 bridgehead atoms. The van der Waals surface area contributed by atoms with Crippen LogP contribution >= 0.6 is 12.6 Å². The first-order chi connectivity index (χ1) is 6.65. The molecule has 0 saturated heterocycles. The third kappa shape index (κ3) is 2.97. The van der Waals surface area contributed by atoms with Crippen molar-refractivity contribution in [1.29, 1.82) is 0 Å². The highest BCUT2D eigenvalue weighted by Gasteiger charge is 2.17. The van der Waals surface area contributed by atoms with Crippen molar-refractivity contribution in [3.05, 3.63) is 35.6 Å². The molecule has 4 heteroatoms. The van der Waals surface area contributed by atoms with E-state index in [0.29, 0.717) is 17.7 Å². The monoisotopic (exact) mass is 216 g/mol. The van der Waals surface area contributed by atoms with Gasteiger partial charge in [-0.05, 0) is 29.9 Å². The molecule has 0 aliphatic rings. The van der Waals surface area contributed by atoms with Crippen LogP contribution in [-0.2, 0) is 0 Å². The Morgan fingerprint density at radius 2 is 1.79 bits per heavy atom. The second kappa shape index (κ2) is 5.34. The van der Waals surface area contributed by atoms with Crippen molar-refractivity contribution < 1.29 is 14.6 Å². The average molecular weight is 216 g/mol. The molecule has 1 rings (SSSR count). The lowest BCUT2D eigenvalue weighted by atomic mass is 10.0. The van der Waals surface area contributed by atoms with Crippen LogP contribution in [0, 0.1) is 5.82 Å². The Balaban J connectivity index is 2.68. The molecule has 0 aliphatic heterocycles. The van der Waals surface area contributed by atoms with E-state index in [0.717, 1.165) is 0 Å². The number of benzene rings is 1. The van der Waals surface area contributed by atoms with Crippen molar-refractivity contribution >= 4 is 12.6 Å². The van der Waals surface area contributed by atoms with Gasteiger partial charge in [0.1, 0.15) is 11.9 Å². The Hall–Kier alpha value is -0.580. The quantitative estimate of drug-likeness (QED) is 0.668. The van der Waals surface area contributed by atoms with E-state index in [1.165, 1.54) is 24.3 Å². The molecule has 2 nitrogen and oxygen atoms in total. The van der Waals surface area contributed by atoms with Crippen LogP contribution in [0.15, 0.2) is 24.3 Å². The van der Waals surface area contributed by atoms with Crippen LogP contribution in [-0.4, -0.2) is 22.1 Å². The first kappa shape index (κ1) is 11.5. The summed E-state index contributed by atoms with van der Waals surface area (Å²) in [6.45, 7) is 0. The number of hydrogen-bond donors (Lipinski definition) is 3. The molecule has 0 aromatic heterocycles. The zero-order chi connectivity index (χ0) is 10.6. The first-order valence-corrected chi connectivity index (χ1v) is 5.01. The number of aliphatic hydroxyl groups excluding tert-OH is 2. The predicted molar refractivity (Wildman–Crippen MR) is 55.8 cm³/mol. The third-order valence-electron chi connectivity index (χ3n) is 2.00. The molecule has 0 heterocycles. The summed E-state index contributed by atoms with van der Waals surface area (Å²) in [5.74, 6) is 0.143. The smallest absolute Gasteiger partial charge is 0.123 e. The summed E-state index contributed by atoms with van der Waals surface area (Å²) >= 11 is 3.95. The molecule has 2 atom stereocenters. The molecule has 1 aromatic carbocycles. The number of aliphatic hydroxyl groups is 2. The molecule has 2 N–H and O–H groups in total. The van der Waals surface area contributed by atoms with Gasteiger partial charge < -0.3 is 10.2 Å². The summed E-state index contributed by atoms with van der Waals surface area (Å²) in [4.78, 5) is 0. The van der Waals surface area contributed by atoms with Crippen molar-refractivity contribution in [3.63, 3.8) is 0 Å². The lowest BCUT2D eigenvalue weighted by Crippen LogP contribution is -2.18. The minimum absolute atomic E-state index is 0.357. The van der Waals surface area contributed by atoms with E-state index in [9.17, 15) is 14.6 Å². The molecule has 78 valence electrons. The lowest BCUT2D eigenvalue weighted by Gasteiger charge is -2.17. The summed E-state index contributed by atoms with van der Waals surface area (Å²) < 4.78 is 12.5. The highest BCUT2D eigenvalue weighted by Crippen LogP contribution is 2.19. The van der Waals surface area contributed by atoms with Gasteiger partial charge in [0, 0.05) is 0 Å². The van der Waals surface area contributed by atoms with E-state index in [1.807, 2.05) is 0 Å². The van der Waals surface area contributed by atoms with Crippen molar-refractivity contribution in [2.75, 3.05) is 5.75 Å². The van der Waals surface area contributed by atoms with Crippen LogP contribution in [0.4, 0.5) is 4.39 Å². The van der Waals surface area contributed by atoms with Crippen LogP contribution in [0.1, 0.15) is 18.1 Å². The summed E-state index contributed by atoms with van der Waals surface area (Å²) in [5, 5.41) is 19.1. The summed E-state index contributed by atoms with van der Waals surface area (Å²) in [6, 6.07) is 5.43. The van der Waals surface area contributed by atoms with E-state index in [-0.39, 0.29) is 5.82 Å². The van der Waals surface area contributed by atoms with E-state index in [1.54, 1.807) is 0 Å². The van der Waals surface area contributed by atoms with Crippen LogP contribution in [0.25, 0.3) is 0 Å². The number of halogens is 1. The van der Waals surface area contributed by atoms with Crippen LogP contribution in [0.3, 0.4) is 0 Å². The standard InChI is InChI=1S/C10H13FO2S/c11-8-3-1-7(2-4-8)10(13)9(12)5-6-14/h1-4,9-10,12-14H,5-6H2. The fraction of sp³-hybridized carbons (Fsp3) is 0.400. The molecular formula is C10H13FO2S. The first-order valence-electron chi connectivity index (χ1n) is 4.37. The molecule has 0 spiro atoms. The van der Waals surface area contributed by atoms with Gasteiger partial charge in [-0.25, -0.2) is 4.39 Å². The Labute approximate surface area is 87.8 Å². The topological polar surface area (TPSA) is 40.5 Å². The van der Waals surface area contributed by atoms with Gasteiger partial charge in [0.15, 0.2) is 0 Å². The SMILES string of the molecule is OC(CCS)C(O)c1ccc(F)cc1. The fourth-order valence-electron chi connectivity index (χ4n) is 1.17. The van der Waals surface area contributed by atoms with Crippen LogP contribution < -0.4 is 0 Å². The molecule has 0 radical (unpaired) electrons. The maximum atomic E-state index is 12.5. The van der Waals surface area contributed by atoms with Gasteiger partial charge in [0.25, 0.3) is 0 Å². The van der Waals surface area contributed by atoms with E-state index in [4.69, 9.17) is 0 Å². The minimum Gasteiger partial charge on any atom is -0.390 e. The third-order valence-corrected chi connectivity index (χ3v) is 2.26. The van der Waals surface area contributed by atoms with Gasteiger partial charge in [0.05, 0.1) is 6.10 Å². The summed E-state index contributed by atoms with van der Waals surface area (Å²) in [6.07, 6.45) is -1.41. The Morgan fingerprint density at radius 3 is 2.29 bits per heavy atom. The van der Waals surface area contributed by atoms with Crippen LogP contribution in [0.5, 0.6) is 0 Å². The fourth-order valence-corrected chi connectivity index (χ4v) is 1.44. The molecule has 14 heavy (non-hydrogen) atoms. The molecule has 0 saturated carbocycles. The zero-order valence-corrected chi connectivity index (χ0v) is 8.49. The Kier molecular flexibility index (Phi) is 4.38. The van der Waals surface area contributed by atoms with Crippen molar-refractivity contribution in [2.45, 2.75) is 18.6 Å². The maximum Gasteiger partial charge on any atom is 0.123 e. The van der Waals surface area contributed by atoms with Crippen molar-refractivity contribution in [3.8, 4) is 0 Å². The molecule has 0 amide bonds. The number of rotatable bonds is 4. The maximum absolute atomic E-state index is 12.5. The highest BCUT2D eigenvalue weighted by molar-refractivity contribution is 7.80. The summed E-state index contributed by atoms with van der Waals surface area (Å²) in [5.41, 5.74) is 0.515. The Morgan fingerprint density at radius 1 is 1.21 bits per heavy atom. The van der Waals surface area contributed by atoms with Gasteiger partial charge in [-0.2, -0.15) is 12.6 Å². The minimum atomic E-state index is -0.970. The van der Waals surface area contributed by atoms with Gasteiger partial charge >= 0.3 is 0 Å². The molecule has 2 unspecified atom stereocenters. The van der Waals surface area contributed by atoms with Gasteiger partial charge in [-0.1, -0.05) is 12.1 Å². The highest BCUT2D eigenvalue weighted by atomic mass is 32.1. The number of thiol groups is 1. The Bertz CT molecular complexity index is 276. The lowest BCUT2D eigenvalue weighted by molar-refractivity contribution is 0.0172. The van der Waals surface area contributed by atoms with E-state index in [2.05, 4.69) is 12.6 Å². The summed E-state index contributed by atoms with van der Waals surface area (Å²) in [7, 11) is 0. The van der Waals surface area contributed by atoms with Crippen LogP contribution in [0.2, 0.25) is 0 Å². The van der Waals surface area contributed by atoms with Gasteiger partial charge in [0.2, 0.25) is 0 Å². The van der Waals surface area contributed by atoms with E-state index < -0.39 is 12.2 Å². The normalized spacial score (nSPS) is 15.1. The van der Waals surface area contributed by atoms with Gasteiger partial charge in [-0.3, -0.25) is 0 Å². The second-order valence-electron chi connectivity index (χ2n) is 3.08. The van der Waals surface area contributed by atoms with Gasteiger partial charge in [-0.15, -0.1) is 0 Å². The second-order valence-corrected chi connectivity index (χ2v) is 3.52. The molecule has 0 fully saturated rings. The molecular weight excluding hydrogens is 203 g/mol. The largest absolute Gasteiger partial charge is 0.390 e. The predicted octanol–water partition coefficient (Wildman–Crippen LogP) is 1.54. The van der Waals surface area contributed by atoms with E-state index >= 15 is 0 Å².